The molecule has 0 spiro atoms. The molecule has 9 heteroatoms. The SMILES string of the molecule is CCCCCCC/C=C\C/C=C\CCCCCCCCCCCCCCCCCCCCCCCCCC(=O)NC(COP(=O)([O-])OCC[N+](C)(C)C)C(O)/C=C/CC/C=C/CCCCCCCCCCCCCCCCCC. The summed E-state index contributed by atoms with van der Waals surface area (Å²) in [4.78, 5) is 25.6. The van der Waals surface area contributed by atoms with Gasteiger partial charge < -0.3 is 28.8 Å². The van der Waals surface area contributed by atoms with Crippen molar-refractivity contribution in [1.82, 2.24) is 5.32 Å². The average Bonchev–Trinajstić information content (AvgIpc) is 3.42. The standard InChI is InChI=1S/C70H135N2O6P/c1-6-8-10-12-14-16-18-20-22-24-26-28-30-31-32-33-34-35-36-37-38-39-40-41-42-44-46-48-50-52-54-56-58-60-62-64-70(74)71-68(67-78-79(75,76)77-66-65-72(3,4)5)69(73)63-61-59-57-55-53-51-49-47-45-43-29-27-25-23-21-19-17-15-13-11-9-7-2/h18,20,24,26,53,55,61,63,68-69,73H,6-17,19,21-23,25,27-52,54,56-60,62,64-67H2,1-5H3,(H-,71,74,75,76)/b20-18-,26-24-,55-53+,63-61+. The van der Waals surface area contributed by atoms with Gasteiger partial charge in [-0.3, -0.25) is 9.36 Å². The molecular formula is C70H135N2O6P. The molecule has 1 amide bonds. The van der Waals surface area contributed by atoms with Crippen LogP contribution in [0.3, 0.4) is 0 Å². The van der Waals surface area contributed by atoms with E-state index >= 15 is 0 Å². The van der Waals surface area contributed by atoms with Crippen molar-refractivity contribution in [3.8, 4) is 0 Å². The van der Waals surface area contributed by atoms with E-state index in [1.54, 1.807) is 6.08 Å². The van der Waals surface area contributed by atoms with Crippen molar-refractivity contribution in [2.75, 3.05) is 40.9 Å². The van der Waals surface area contributed by atoms with Gasteiger partial charge in [-0.2, -0.15) is 0 Å². The van der Waals surface area contributed by atoms with E-state index in [1.807, 2.05) is 27.2 Å². The maximum Gasteiger partial charge on any atom is 0.268 e. The van der Waals surface area contributed by atoms with E-state index < -0.39 is 20.0 Å². The van der Waals surface area contributed by atoms with Crippen LogP contribution in [0.15, 0.2) is 48.6 Å². The number of nitrogens with zero attached hydrogens (tertiary/aromatic N) is 1. The summed E-state index contributed by atoms with van der Waals surface area (Å²) in [6, 6.07) is -0.903. The second-order valence-corrected chi connectivity index (χ2v) is 26.3. The summed E-state index contributed by atoms with van der Waals surface area (Å²) < 4.78 is 23.4. The minimum absolute atomic E-state index is 0.00502. The average molecular weight is 1130 g/mol. The van der Waals surface area contributed by atoms with Gasteiger partial charge in [-0.15, -0.1) is 0 Å². The molecule has 0 heterocycles. The largest absolute Gasteiger partial charge is 0.756 e. The Bertz CT molecular complexity index is 1430. The van der Waals surface area contributed by atoms with Crippen LogP contribution in [0.4, 0.5) is 0 Å². The highest BCUT2D eigenvalue weighted by Crippen LogP contribution is 2.38. The van der Waals surface area contributed by atoms with Crippen molar-refractivity contribution in [2.24, 2.45) is 0 Å². The topological polar surface area (TPSA) is 108 Å². The van der Waals surface area contributed by atoms with Gasteiger partial charge >= 0.3 is 0 Å². The number of quaternary nitrogens is 1. The predicted molar refractivity (Wildman–Crippen MR) is 344 cm³/mol. The second-order valence-electron chi connectivity index (χ2n) is 24.9. The number of amides is 1. The zero-order chi connectivity index (χ0) is 57.7. The van der Waals surface area contributed by atoms with Gasteiger partial charge in [0.25, 0.3) is 7.82 Å². The lowest BCUT2D eigenvalue weighted by Crippen LogP contribution is -2.45. The molecule has 0 saturated heterocycles. The Morgan fingerprint density at radius 1 is 0.443 bits per heavy atom. The van der Waals surface area contributed by atoms with E-state index in [0.29, 0.717) is 17.4 Å². The van der Waals surface area contributed by atoms with Gasteiger partial charge in [-0.25, -0.2) is 0 Å². The monoisotopic (exact) mass is 1130 g/mol. The molecule has 0 saturated carbocycles. The lowest BCUT2D eigenvalue weighted by Gasteiger charge is -2.29. The summed E-state index contributed by atoms with van der Waals surface area (Å²) >= 11 is 0. The first-order valence-electron chi connectivity index (χ1n) is 34.5. The fraction of sp³-hybridized carbons (Fsp3) is 0.871. The number of rotatable bonds is 64. The molecule has 466 valence electrons. The lowest BCUT2D eigenvalue weighted by atomic mass is 10.0. The Labute approximate surface area is 492 Å². The molecule has 0 radical (unpaired) electrons. The van der Waals surface area contributed by atoms with Crippen LogP contribution in [0.1, 0.15) is 341 Å². The first-order valence-corrected chi connectivity index (χ1v) is 36.0. The number of nitrogens with one attached hydrogen (secondary N) is 1. The quantitative estimate of drug-likeness (QED) is 0.0272. The van der Waals surface area contributed by atoms with Crippen LogP contribution in [0.5, 0.6) is 0 Å². The molecule has 8 nitrogen and oxygen atoms in total. The fourth-order valence-electron chi connectivity index (χ4n) is 10.4. The third-order valence-corrected chi connectivity index (χ3v) is 16.7. The number of carbonyl (C=O) groups is 1. The Morgan fingerprint density at radius 3 is 1.10 bits per heavy atom. The number of unbranched alkanes of at least 4 members (excludes halogenated alkanes) is 45. The maximum absolute atomic E-state index is 13.0. The second kappa shape index (κ2) is 61.0. The van der Waals surface area contributed by atoms with Crippen LogP contribution in [0, 0.1) is 0 Å². The van der Waals surface area contributed by atoms with Gasteiger partial charge in [0.2, 0.25) is 5.91 Å². The molecule has 0 fully saturated rings. The third-order valence-electron chi connectivity index (χ3n) is 15.8. The van der Waals surface area contributed by atoms with Crippen molar-refractivity contribution in [3.63, 3.8) is 0 Å². The van der Waals surface area contributed by atoms with Crippen molar-refractivity contribution in [2.45, 2.75) is 353 Å². The number of allylic oxidation sites excluding steroid dienone is 7. The molecule has 0 aromatic rings. The molecule has 0 aromatic carbocycles. The summed E-state index contributed by atoms with van der Waals surface area (Å²) in [5.41, 5.74) is 0. The third kappa shape index (κ3) is 63.9. The molecule has 0 aromatic heterocycles. The summed E-state index contributed by atoms with van der Waals surface area (Å²) in [6.07, 6.45) is 82.4. The van der Waals surface area contributed by atoms with E-state index in [0.717, 1.165) is 44.9 Å². The number of hydrogen-bond donors (Lipinski definition) is 2. The van der Waals surface area contributed by atoms with Gasteiger partial charge in [0.05, 0.1) is 39.9 Å². The molecule has 0 aliphatic rings. The number of carbonyl (C=O) groups excluding carboxylic acids is 1. The van der Waals surface area contributed by atoms with Crippen LogP contribution in [-0.2, 0) is 18.4 Å². The van der Waals surface area contributed by atoms with Gasteiger partial charge in [-0.05, 0) is 64.2 Å². The van der Waals surface area contributed by atoms with Gasteiger partial charge in [-0.1, -0.05) is 319 Å². The van der Waals surface area contributed by atoms with Gasteiger partial charge in [0.1, 0.15) is 13.2 Å². The summed E-state index contributed by atoms with van der Waals surface area (Å²) in [5.74, 6) is -0.201. The number of aliphatic hydroxyl groups is 1. The Kier molecular flexibility index (Phi) is 59.8. The van der Waals surface area contributed by atoms with Crippen molar-refractivity contribution >= 4 is 13.7 Å². The zero-order valence-electron chi connectivity index (χ0n) is 53.3. The number of phosphoric ester groups is 1. The van der Waals surface area contributed by atoms with Crippen molar-refractivity contribution < 1.29 is 32.9 Å². The van der Waals surface area contributed by atoms with Crippen LogP contribution in [0.25, 0.3) is 0 Å². The van der Waals surface area contributed by atoms with Crippen LogP contribution >= 0.6 is 7.82 Å². The molecule has 79 heavy (non-hydrogen) atoms. The van der Waals surface area contributed by atoms with Crippen LogP contribution < -0.4 is 10.2 Å². The summed E-state index contributed by atoms with van der Waals surface area (Å²) in [7, 11) is 1.26. The van der Waals surface area contributed by atoms with E-state index in [9.17, 15) is 19.4 Å². The van der Waals surface area contributed by atoms with E-state index in [4.69, 9.17) is 9.05 Å². The van der Waals surface area contributed by atoms with Crippen molar-refractivity contribution in [1.29, 1.82) is 0 Å². The highest BCUT2D eigenvalue weighted by atomic mass is 31.2. The first-order chi connectivity index (χ1) is 38.5. The maximum atomic E-state index is 13.0. The molecule has 2 N–H and O–H groups in total. The number of likely N-dealkylation sites (N-methyl/N-ethyl adjacent to an activating group) is 1. The van der Waals surface area contributed by atoms with Crippen LogP contribution in [-0.4, -0.2) is 68.5 Å². The fourth-order valence-corrected chi connectivity index (χ4v) is 11.1. The number of hydrogen-bond acceptors (Lipinski definition) is 6. The number of phosphoric acid groups is 1. The summed E-state index contributed by atoms with van der Waals surface area (Å²) in [6.45, 7) is 4.67. The first kappa shape index (κ1) is 77.5. The molecular weight excluding hydrogens is 996 g/mol. The molecule has 0 rings (SSSR count). The normalized spacial score (nSPS) is 14.0. The van der Waals surface area contributed by atoms with E-state index in [-0.39, 0.29) is 19.1 Å². The zero-order valence-corrected chi connectivity index (χ0v) is 54.2. The van der Waals surface area contributed by atoms with Gasteiger partial charge in [0, 0.05) is 6.42 Å². The predicted octanol–water partition coefficient (Wildman–Crippen LogP) is 21.2. The highest BCUT2D eigenvalue weighted by Gasteiger charge is 2.23. The number of aliphatic hydroxyl groups excluding tert-OH is 1. The Morgan fingerprint density at radius 2 is 0.747 bits per heavy atom. The lowest BCUT2D eigenvalue weighted by molar-refractivity contribution is -0.870. The summed E-state index contributed by atoms with van der Waals surface area (Å²) in [5, 5.41) is 13.9. The van der Waals surface area contributed by atoms with Crippen molar-refractivity contribution in [3.05, 3.63) is 48.6 Å². The Balaban J connectivity index is 4.03. The molecule has 0 aliphatic heterocycles. The van der Waals surface area contributed by atoms with Crippen LogP contribution in [0.2, 0.25) is 0 Å². The Hall–Kier alpha value is -1.54. The molecule has 0 aliphatic carbocycles. The molecule has 3 atom stereocenters. The minimum Gasteiger partial charge on any atom is -0.756 e. The smallest absolute Gasteiger partial charge is 0.268 e. The minimum atomic E-state index is -4.61. The molecule has 0 bridgehead atoms. The van der Waals surface area contributed by atoms with E-state index in [1.165, 1.54) is 276 Å². The highest BCUT2D eigenvalue weighted by molar-refractivity contribution is 7.45. The molecule has 3 unspecified atom stereocenters. The van der Waals surface area contributed by atoms with E-state index in [2.05, 4.69) is 55.6 Å². The van der Waals surface area contributed by atoms with Gasteiger partial charge in [0.15, 0.2) is 0 Å².